The Balaban J connectivity index is 1.98. The maximum Gasteiger partial charge on any atom is 0.266 e. The zero-order valence-electron chi connectivity index (χ0n) is 14.8. The molecule has 0 bridgehead atoms. The van der Waals surface area contributed by atoms with E-state index < -0.39 is 0 Å². The van der Waals surface area contributed by atoms with Gasteiger partial charge >= 0.3 is 0 Å². The predicted molar refractivity (Wildman–Crippen MR) is 118 cm³/mol. The Hall–Kier alpha value is -3.24. The molecule has 1 aromatic heterocycles. The molecule has 0 aliphatic carbocycles. The molecule has 0 aliphatic heterocycles. The van der Waals surface area contributed by atoms with Gasteiger partial charge in [-0.15, -0.1) is 0 Å². The number of hydrogen-bond acceptors (Lipinski definition) is 2. The van der Waals surface area contributed by atoms with Gasteiger partial charge in [0, 0.05) is 15.4 Å². The van der Waals surface area contributed by atoms with Gasteiger partial charge in [-0.25, -0.2) is 4.98 Å². The Morgan fingerprint density at radius 1 is 0.714 bits per heavy atom. The second-order valence-corrected chi connectivity index (χ2v) is 7.43. The van der Waals surface area contributed by atoms with Crippen molar-refractivity contribution in [3.63, 3.8) is 0 Å². The van der Waals surface area contributed by atoms with E-state index in [9.17, 15) is 4.79 Å². The molecule has 5 rings (SSSR count). The topological polar surface area (TPSA) is 34.9 Å². The second-order valence-electron chi connectivity index (χ2n) is 6.57. The molecule has 0 spiro atoms. The highest BCUT2D eigenvalue weighted by molar-refractivity contribution is 9.10. The van der Waals surface area contributed by atoms with Crippen molar-refractivity contribution in [1.82, 2.24) is 9.55 Å². The fourth-order valence-corrected chi connectivity index (χ4v) is 4.04. The molecule has 0 saturated carbocycles. The highest BCUT2D eigenvalue weighted by Crippen LogP contribution is 2.30. The van der Waals surface area contributed by atoms with E-state index in [-0.39, 0.29) is 5.56 Å². The van der Waals surface area contributed by atoms with Crippen LogP contribution in [0.5, 0.6) is 0 Å². The molecule has 0 atom stereocenters. The van der Waals surface area contributed by atoms with Crippen LogP contribution in [0.1, 0.15) is 0 Å². The normalized spacial score (nSPS) is 11.2. The van der Waals surface area contributed by atoms with Gasteiger partial charge in [0.15, 0.2) is 0 Å². The minimum atomic E-state index is -0.0762. The molecule has 0 aliphatic rings. The lowest BCUT2D eigenvalue weighted by molar-refractivity contribution is 0.983. The third-order valence-corrected chi connectivity index (χ3v) is 5.59. The molecule has 0 saturated heterocycles. The van der Waals surface area contributed by atoms with Gasteiger partial charge in [-0.3, -0.25) is 9.36 Å². The molecule has 0 fully saturated rings. The Morgan fingerprint density at radius 2 is 1.39 bits per heavy atom. The first kappa shape index (κ1) is 16.9. The van der Waals surface area contributed by atoms with Gasteiger partial charge in [0.1, 0.15) is 5.82 Å². The van der Waals surface area contributed by atoms with Gasteiger partial charge in [0.05, 0.1) is 16.6 Å². The number of aromatic nitrogens is 2. The molecule has 3 nitrogen and oxygen atoms in total. The molecular formula is C24H15BrN2O. The highest BCUT2D eigenvalue weighted by atomic mass is 79.9. The molecule has 4 aromatic carbocycles. The van der Waals surface area contributed by atoms with Crippen molar-refractivity contribution in [2.45, 2.75) is 0 Å². The van der Waals surface area contributed by atoms with Crippen LogP contribution in [0.3, 0.4) is 0 Å². The lowest BCUT2D eigenvalue weighted by atomic mass is 10.1. The highest BCUT2D eigenvalue weighted by Gasteiger charge is 2.17. The van der Waals surface area contributed by atoms with Crippen molar-refractivity contribution in [2.24, 2.45) is 0 Å². The molecule has 1 heterocycles. The van der Waals surface area contributed by atoms with Crippen LogP contribution in [0, 0.1) is 0 Å². The molecule has 0 N–H and O–H groups in total. The van der Waals surface area contributed by atoms with E-state index in [0.29, 0.717) is 16.7 Å². The molecule has 0 radical (unpaired) electrons. The van der Waals surface area contributed by atoms with Crippen LogP contribution in [0.25, 0.3) is 38.8 Å². The molecule has 28 heavy (non-hydrogen) atoms. The zero-order valence-corrected chi connectivity index (χ0v) is 16.4. The van der Waals surface area contributed by atoms with Crippen LogP contribution in [0.15, 0.2) is 100 Å². The Kier molecular flexibility index (Phi) is 4.06. The predicted octanol–water partition coefficient (Wildman–Crippen LogP) is 5.97. The first-order valence-electron chi connectivity index (χ1n) is 8.99. The summed E-state index contributed by atoms with van der Waals surface area (Å²) in [6.07, 6.45) is 0. The zero-order chi connectivity index (χ0) is 19.1. The second kappa shape index (κ2) is 6.73. The number of benzene rings is 4. The summed E-state index contributed by atoms with van der Waals surface area (Å²) in [6.45, 7) is 0. The van der Waals surface area contributed by atoms with Gasteiger partial charge < -0.3 is 0 Å². The third kappa shape index (κ3) is 2.65. The maximum absolute atomic E-state index is 13.6. The van der Waals surface area contributed by atoms with Crippen LogP contribution in [0.2, 0.25) is 0 Å². The average molecular weight is 427 g/mol. The van der Waals surface area contributed by atoms with E-state index in [1.807, 2.05) is 78.9 Å². The Labute approximate surface area is 170 Å². The summed E-state index contributed by atoms with van der Waals surface area (Å²) in [5.41, 5.74) is 2.31. The summed E-state index contributed by atoms with van der Waals surface area (Å²) in [7, 11) is 0. The standard InChI is InChI=1S/C24H15BrN2O/c25-20-13-5-3-11-18(20)23-26-21-14-6-4-12-19(21)24(28)27(23)22-15-7-9-16-8-1-2-10-17(16)22/h1-15H. The van der Waals surface area contributed by atoms with Crippen LogP contribution < -0.4 is 5.56 Å². The molecule has 0 unspecified atom stereocenters. The van der Waals surface area contributed by atoms with E-state index >= 15 is 0 Å². The van der Waals surface area contributed by atoms with Gasteiger partial charge in [0.2, 0.25) is 0 Å². The van der Waals surface area contributed by atoms with Crippen LogP contribution in [0.4, 0.5) is 0 Å². The third-order valence-electron chi connectivity index (χ3n) is 4.90. The Bertz CT molecular complexity index is 1400. The van der Waals surface area contributed by atoms with E-state index in [0.717, 1.165) is 26.5 Å². The van der Waals surface area contributed by atoms with Crippen molar-refractivity contribution in [3.05, 3.63) is 106 Å². The van der Waals surface area contributed by atoms with Gasteiger partial charge in [-0.1, -0.05) is 82.7 Å². The maximum atomic E-state index is 13.6. The van der Waals surface area contributed by atoms with E-state index in [2.05, 4.69) is 28.1 Å². The van der Waals surface area contributed by atoms with Crippen molar-refractivity contribution in [3.8, 4) is 17.1 Å². The number of halogens is 1. The molecule has 0 amide bonds. The molecule has 4 heteroatoms. The number of hydrogen-bond donors (Lipinski definition) is 0. The van der Waals surface area contributed by atoms with Gasteiger partial charge in [-0.2, -0.15) is 0 Å². The number of para-hydroxylation sites is 1. The van der Waals surface area contributed by atoms with Crippen molar-refractivity contribution < 1.29 is 0 Å². The molecule has 134 valence electrons. The van der Waals surface area contributed by atoms with Crippen molar-refractivity contribution >= 4 is 37.6 Å². The summed E-state index contributed by atoms with van der Waals surface area (Å²) < 4.78 is 2.62. The number of rotatable bonds is 2. The minimum Gasteiger partial charge on any atom is -0.268 e. The van der Waals surface area contributed by atoms with Crippen LogP contribution in [-0.2, 0) is 0 Å². The van der Waals surface area contributed by atoms with Gasteiger partial charge in [-0.05, 0) is 29.7 Å². The monoisotopic (exact) mass is 426 g/mol. The average Bonchev–Trinajstić information content (AvgIpc) is 2.74. The largest absolute Gasteiger partial charge is 0.268 e. The van der Waals surface area contributed by atoms with Gasteiger partial charge in [0.25, 0.3) is 5.56 Å². The first-order valence-corrected chi connectivity index (χ1v) is 9.78. The smallest absolute Gasteiger partial charge is 0.266 e. The minimum absolute atomic E-state index is 0.0762. The van der Waals surface area contributed by atoms with E-state index in [1.165, 1.54) is 0 Å². The van der Waals surface area contributed by atoms with Crippen LogP contribution in [-0.4, -0.2) is 9.55 Å². The number of nitrogens with zero attached hydrogens (tertiary/aromatic N) is 2. The van der Waals surface area contributed by atoms with E-state index in [1.54, 1.807) is 4.57 Å². The quantitative estimate of drug-likeness (QED) is 0.348. The van der Waals surface area contributed by atoms with Crippen molar-refractivity contribution in [1.29, 1.82) is 0 Å². The first-order chi connectivity index (χ1) is 13.7. The van der Waals surface area contributed by atoms with Crippen LogP contribution >= 0.6 is 15.9 Å². The molecular weight excluding hydrogens is 412 g/mol. The van der Waals surface area contributed by atoms with Crippen molar-refractivity contribution in [2.75, 3.05) is 0 Å². The fourth-order valence-electron chi connectivity index (χ4n) is 3.58. The lowest BCUT2D eigenvalue weighted by Crippen LogP contribution is -2.22. The summed E-state index contributed by atoms with van der Waals surface area (Å²) in [5, 5.41) is 2.70. The molecule has 5 aromatic rings. The van der Waals surface area contributed by atoms with E-state index in [4.69, 9.17) is 4.98 Å². The summed E-state index contributed by atoms with van der Waals surface area (Å²) in [5.74, 6) is 0.618. The fraction of sp³-hybridized carbons (Fsp3) is 0. The summed E-state index contributed by atoms with van der Waals surface area (Å²) in [6, 6.07) is 29.4. The lowest BCUT2D eigenvalue weighted by Gasteiger charge is -2.16. The number of fused-ring (bicyclic) bond motifs is 2. The Morgan fingerprint density at radius 3 is 2.25 bits per heavy atom. The summed E-state index contributed by atoms with van der Waals surface area (Å²) in [4.78, 5) is 18.5. The summed E-state index contributed by atoms with van der Waals surface area (Å²) >= 11 is 3.62. The SMILES string of the molecule is O=c1c2ccccc2nc(-c2ccccc2Br)n1-c1cccc2ccccc12.